The second-order valence-corrected chi connectivity index (χ2v) is 9.29. The minimum absolute atomic E-state index is 0.0242. The van der Waals surface area contributed by atoms with Crippen LogP contribution < -0.4 is 5.32 Å². The molecule has 0 unspecified atom stereocenters. The summed E-state index contributed by atoms with van der Waals surface area (Å²) in [6, 6.07) is 27.3. The Hall–Kier alpha value is -3.51. The molecule has 5 nitrogen and oxygen atoms in total. The van der Waals surface area contributed by atoms with E-state index in [0.29, 0.717) is 16.9 Å². The Morgan fingerprint density at radius 2 is 1.48 bits per heavy atom. The number of pyridine rings is 1. The van der Waals surface area contributed by atoms with Gasteiger partial charge in [0.1, 0.15) is 0 Å². The third-order valence-electron chi connectivity index (χ3n) is 5.01. The second-order valence-electron chi connectivity index (χ2n) is 7.18. The summed E-state index contributed by atoms with van der Waals surface area (Å²) >= 11 is 0. The lowest BCUT2D eigenvalue weighted by atomic mass is 10.0. The van der Waals surface area contributed by atoms with Gasteiger partial charge in [-0.25, -0.2) is 13.4 Å². The van der Waals surface area contributed by atoms with Crippen molar-refractivity contribution < 1.29 is 13.2 Å². The van der Waals surface area contributed by atoms with Crippen molar-refractivity contribution in [1.82, 2.24) is 10.3 Å². The first kappa shape index (κ1) is 20.8. The lowest BCUT2D eigenvalue weighted by molar-refractivity contribution is 0.0955. The van der Waals surface area contributed by atoms with E-state index < -0.39 is 9.84 Å². The molecule has 0 fully saturated rings. The Balaban J connectivity index is 1.50. The summed E-state index contributed by atoms with van der Waals surface area (Å²) in [5.74, 6) is -0.267. The molecular formula is C25H22N2O3S. The largest absolute Gasteiger partial charge is 0.352 e. The van der Waals surface area contributed by atoms with Crippen LogP contribution in [0.15, 0.2) is 95.9 Å². The van der Waals surface area contributed by atoms with Crippen molar-refractivity contribution in [3.05, 3.63) is 96.6 Å². The molecule has 0 saturated heterocycles. The highest BCUT2D eigenvalue weighted by Gasteiger charge is 2.16. The highest BCUT2D eigenvalue weighted by Crippen LogP contribution is 2.24. The molecule has 1 aromatic heterocycles. The number of hydrogen-bond acceptors (Lipinski definition) is 4. The SMILES string of the molecule is O=C(NCCCS(=O)(=O)c1ccccc1)c1cc(-c2ccccc2)nc2ccccc12. The fourth-order valence-electron chi connectivity index (χ4n) is 3.43. The van der Waals surface area contributed by atoms with E-state index in [-0.39, 0.29) is 18.2 Å². The fraction of sp³-hybridized carbons (Fsp3) is 0.120. The number of carbonyl (C=O) groups is 1. The summed E-state index contributed by atoms with van der Waals surface area (Å²) in [6.45, 7) is 0.266. The summed E-state index contributed by atoms with van der Waals surface area (Å²) in [7, 11) is -3.36. The maximum atomic E-state index is 12.9. The van der Waals surface area contributed by atoms with Crippen LogP contribution in [0.5, 0.6) is 0 Å². The molecule has 4 rings (SSSR count). The predicted molar refractivity (Wildman–Crippen MR) is 123 cm³/mol. The van der Waals surface area contributed by atoms with Gasteiger partial charge in [-0.05, 0) is 30.7 Å². The van der Waals surface area contributed by atoms with Crippen molar-refractivity contribution in [1.29, 1.82) is 0 Å². The van der Waals surface area contributed by atoms with Gasteiger partial charge in [0.15, 0.2) is 9.84 Å². The minimum atomic E-state index is -3.36. The smallest absolute Gasteiger partial charge is 0.252 e. The third-order valence-corrected chi connectivity index (χ3v) is 6.82. The van der Waals surface area contributed by atoms with E-state index in [1.165, 1.54) is 0 Å². The lowest BCUT2D eigenvalue weighted by Crippen LogP contribution is -2.26. The van der Waals surface area contributed by atoms with Crippen molar-refractivity contribution in [3.8, 4) is 11.3 Å². The summed E-state index contributed by atoms with van der Waals surface area (Å²) in [6.07, 6.45) is 0.331. The number of para-hydroxylation sites is 1. The number of fused-ring (bicyclic) bond motifs is 1. The van der Waals surface area contributed by atoms with Crippen LogP contribution in [0, 0.1) is 0 Å². The molecule has 0 radical (unpaired) electrons. The van der Waals surface area contributed by atoms with Crippen molar-refractivity contribution in [2.45, 2.75) is 11.3 Å². The molecular weight excluding hydrogens is 408 g/mol. The highest BCUT2D eigenvalue weighted by atomic mass is 32.2. The Labute approximate surface area is 181 Å². The van der Waals surface area contributed by atoms with Gasteiger partial charge in [0.05, 0.1) is 27.4 Å². The first-order valence-corrected chi connectivity index (χ1v) is 11.7. The zero-order chi connectivity index (χ0) is 21.7. The number of benzene rings is 3. The first-order valence-electron chi connectivity index (χ1n) is 10.1. The molecule has 1 N–H and O–H groups in total. The lowest BCUT2D eigenvalue weighted by Gasteiger charge is -2.11. The van der Waals surface area contributed by atoms with Gasteiger partial charge in [0.25, 0.3) is 5.91 Å². The molecule has 0 aliphatic rings. The molecule has 4 aromatic rings. The standard InChI is InChI=1S/C25H22N2O3S/c28-25(26-16-9-17-31(29,30)20-12-5-2-6-13-20)22-18-24(19-10-3-1-4-11-19)27-23-15-8-7-14-21(22)23/h1-8,10-15,18H,9,16-17H2,(H,26,28). The van der Waals surface area contributed by atoms with Crippen LogP contribution in [0.1, 0.15) is 16.8 Å². The number of amides is 1. The maximum absolute atomic E-state index is 12.9. The summed E-state index contributed by atoms with van der Waals surface area (Å²) in [4.78, 5) is 17.9. The minimum Gasteiger partial charge on any atom is -0.352 e. The Morgan fingerprint density at radius 1 is 0.839 bits per heavy atom. The van der Waals surface area contributed by atoms with Gasteiger partial charge < -0.3 is 5.32 Å². The van der Waals surface area contributed by atoms with E-state index >= 15 is 0 Å². The molecule has 0 aliphatic heterocycles. The van der Waals surface area contributed by atoms with Crippen molar-refractivity contribution >= 4 is 26.6 Å². The van der Waals surface area contributed by atoms with Gasteiger partial charge >= 0.3 is 0 Å². The van der Waals surface area contributed by atoms with Crippen LogP contribution in [-0.4, -0.2) is 31.6 Å². The first-order chi connectivity index (χ1) is 15.0. The van der Waals surface area contributed by atoms with E-state index in [9.17, 15) is 13.2 Å². The van der Waals surface area contributed by atoms with Gasteiger partial charge in [-0.3, -0.25) is 4.79 Å². The molecule has 0 atom stereocenters. The number of nitrogens with zero attached hydrogens (tertiary/aromatic N) is 1. The van der Waals surface area contributed by atoms with E-state index in [1.54, 1.807) is 36.4 Å². The number of aromatic nitrogens is 1. The summed E-state index contributed by atoms with van der Waals surface area (Å²) < 4.78 is 24.8. The average Bonchev–Trinajstić information content (AvgIpc) is 2.82. The van der Waals surface area contributed by atoms with Crippen molar-refractivity contribution in [2.75, 3.05) is 12.3 Å². The summed E-state index contributed by atoms with van der Waals surface area (Å²) in [5.41, 5.74) is 2.91. The number of carbonyl (C=O) groups excluding carboxylic acids is 1. The van der Waals surface area contributed by atoms with Gasteiger partial charge in [-0.2, -0.15) is 0 Å². The molecule has 1 heterocycles. The van der Waals surface area contributed by atoms with E-state index in [1.807, 2.05) is 54.6 Å². The molecule has 1 amide bonds. The molecule has 0 bridgehead atoms. The van der Waals surface area contributed by atoms with E-state index in [2.05, 4.69) is 5.32 Å². The zero-order valence-corrected chi connectivity index (χ0v) is 17.7. The molecule has 0 aliphatic carbocycles. The molecule has 6 heteroatoms. The highest BCUT2D eigenvalue weighted by molar-refractivity contribution is 7.91. The molecule has 156 valence electrons. The number of nitrogens with one attached hydrogen (secondary N) is 1. The Kier molecular flexibility index (Phi) is 6.09. The fourth-order valence-corrected chi connectivity index (χ4v) is 4.76. The van der Waals surface area contributed by atoms with Crippen LogP contribution in [0.3, 0.4) is 0 Å². The maximum Gasteiger partial charge on any atom is 0.252 e. The van der Waals surface area contributed by atoms with Crippen molar-refractivity contribution in [3.63, 3.8) is 0 Å². The number of sulfone groups is 1. The quantitative estimate of drug-likeness (QED) is 0.438. The monoisotopic (exact) mass is 430 g/mol. The average molecular weight is 431 g/mol. The Bertz CT molecular complexity index is 1300. The molecule has 3 aromatic carbocycles. The number of hydrogen-bond donors (Lipinski definition) is 1. The molecule has 0 saturated carbocycles. The second kappa shape index (κ2) is 9.10. The van der Waals surface area contributed by atoms with Crippen LogP contribution in [0.2, 0.25) is 0 Å². The molecule has 0 spiro atoms. The van der Waals surface area contributed by atoms with Gasteiger partial charge in [0.2, 0.25) is 0 Å². The zero-order valence-electron chi connectivity index (χ0n) is 16.9. The van der Waals surface area contributed by atoms with Crippen LogP contribution in [0.25, 0.3) is 22.2 Å². The molecule has 31 heavy (non-hydrogen) atoms. The van der Waals surface area contributed by atoms with Crippen LogP contribution in [-0.2, 0) is 9.84 Å². The van der Waals surface area contributed by atoms with Crippen LogP contribution in [0.4, 0.5) is 0 Å². The topological polar surface area (TPSA) is 76.1 Å². The van der Waals surface area contributed by atoms with Gasteiger partial charge in [-0.15, -0.1) is 0 Å². The van der Waals surface area contributed by atoms with E-state index in [4.69, 9.17) is 4.98 Å². The van der Waals surface area contributed by atoms with Gasteiger partial charge in [0, 0.05) is 17.5 Å². The normalized spacial score (nSPS) is 11.4. The number of rotatable bonds is 7. The van der Waals surface area contributed by atoms with Crippen LogP contribution >= 0.6 is 0 Å². The third kappa shape index (κ3) is 4.81. The predicted octanol–water partition coefficient (Wildman–Crippen LogP) is 4.50. The van der Waals surface area contributed by atoms with E-state index in [0.717, 1.165) is 22.2 Å². The van der Waals surface area contributed by atoms with Crippen molar-refractivity contribution in [2.24, 2.45) is 0 Å². The Morgan fingerprint density at radius 3 is 2.23 bits per heavy atom. The van der Waals surface area contributed by atoms with Gasteiger partial charge in [-0.1, -0.05) is 66.7 Å². The summed E-state index contributed by atoms with van der Waals surface area (Å²) in [5, 5.41) is 3.62.